The summed E-state index contributed by atoms with van der Waals surface area (Å²) < 4.78 is 0. The van der Waals surface area contributed by atoms with Crippen LogP contribution in [0.2, 0.25) is 0 Å². The number of hydrogen-bond acceptors (Lipinski definition) is 5. The Kier molecular flexibility index (Phi) is 4.16. The fourth-order valence-corrected chi connectivity index (χ4v) is 10.0. The molecule has 1 aromatic heterocycles. The summed E-state index contributed by atoms with van der Waals surface area (Å²) in [5.74, 6) is 0.0494. The van der Waals surface area contributed by atoms with Crippen LogP contribution >= 0.6 is 23.1 Å². The number of hydrogen-bond donors (Lipinski definition) is 1. The number of para-hydroxylation sites is 1. The Labute approximate surface area is 199 Å². The summed E-state index contributed by atoms with van der Waals surface area (Å²) in [6.45, 7) is 2.12. The second-order valence-corrected chi connectivity index (χ2v) is 11.9. The molecule has 0 spiro atoms. The third-order valence-electron chi connectivity index (χ3n) is 8.26. The molecular formula is C26H22N2O3S2. The van der Waals surface area contributed by atoms with Crippen molar-refractivity contribution in [3.63, 3.8) is 0 Å². The largest absolute Gasteiger partial charge is 0.307 e. The standard InChI is InChI=1S/C26H22N2O3S2/c1-12-7-5-6-10-14(12)17-18-15-11-16(21(18)32-23-22(17)33-26(31)27-23)20-19(15)24(29)28(25(20)30)13-8-3-2-4-9-13/h2-10,15-21H,11H2,1H3,(H,27,31)/t15-,16+,17-,18+,19-,20-,21-/m1/s1. The predicted octanol–water partition coefficient (Wildman–Crippen LogP) is 4.42. The fourth-order valence-electron chi connectivity index (χ4n) is 7.13. The first kappa shape index (κ1) is 19.8. The van der Waals surface area contributed by atoms with Crippen molar-refractivity contribution in [2.24, 2.45) is 29.6 Å². The van der Waals surface area contributed by atoms with E-state index in [0.29, 0.717) is 5.69 Å². The van der Waals surface area contributed by atoms with E-state index in [1.165, 1.54) is 27.4 Å². The smallest absolute Gasteiger partial charge is 0.305 e. The summed E-state index contributed by atoms with van der Waals surface area (Å²) >= 11 is 3.05. The first-order chi connectivity index (χ1) is 16.0. The van der Waals surface area contributed by atoms with Crippen LogP contribution in [0.25, 0.3) is 0 Å². The van der Waals surface area contributed by atoms with Crippen molar-refractivity contribution in [3.8, 4) is 0 Å². The van der Waals surface area contributed by atoms with E-state index in [9.17, 15) is 14.4 Å². The van der Waals surface area contributed by atoms with E-state index in [0.717, 1.165) is 16.3 Å². The number of nitrogens with zero attached hydrogens (tertiary/aromatic N) is 1. The molecule has 7 rings (SSSR count). The average molecular weight is 475 g/mol. The third kappa shape index (κ3) is 2.58. The lowest BCUT2D eigenvalue weighted by Crippen LogP contribution is -2.42. The number of carbonyl (C=O) groups is 2. The van der Waals surface area contributed by atoms with Crippen molar-refractivity contribution in [3.05, 3.63) is 80.3 Å². The zero-order valence-electron chi connectivity index (χ0n) is 17.9. The second kappa shape index (κ2) is 6.93. The number of rotatable bonds is 2. The number of thiazole rings is 1. The van der Waals surface area contributed by atoms with Gasteiger partial charge in [0.2, 0.25) is 11.8 Å². The van der Waals surface area contributed by atoms with Crippen LogP contribution in [-0.4, -0.2) is 22.0 Å². The fraction of sp³-hybridized carbons (Fsp3) is 0.346. The van der Waals surface area contributed by atoms with Gasteiger partial charge < -0.3 is 4.98 Å². The highest BCUT2D eigenvalue weighted by atomic mass is 32.2. The minimum Gasteiger partial charge on any atom is -0.307 e. The summed E-state index contributed by atoms with van der Waals surface area (Å²) in [5.41, 5.74) is 3.12. The zero-order valence-corrected chi connectivity index (χ0v) is 19.6. The Morgan fingerprint density at radius 1 is 0.909 bits per heavy atom. The molecule has 2 aliphatic heterocycles. The van der Waals surface area contributed by atoms with Gasteiger partial charge in [-0.05, 0) is 54.4 Å². The van der Waals surface area contributed by atoms with E-state index in [1.54, 1.807) is 11.8 Å². The minimum absolute atomic E-state index is 0.0268. The van der Waals surface area contributed by atoms with Gasteiger partial charge in [-0.2, -0.15) is 0 Å². The van der Waals surface area contributed by atoms with Crippen LogP contribution in [0.1, 0.15) is 28.3 Å². The molecule has 2 saturated carbocycles. The van der Waals surface area contributed by atoms with Gasteiger partial charge in [0.15, 0.2) is 0 Å². The molecular weight excluding hydrogens is 452 g/mol. The third-order valence-corrected chi connectivity index (χ3v) is 10.9. The van der Waals surface area contributed by atoms with E-state index in [-0.39, 0.29) is 57.4 Å². The highest BCUT2D eigenvalue weighted by Crippen LogP contribution is 2.68. The van der Waals surface area contributed by atoms with Crippen LogP contribution in [-0.2, 0) is 9.59 Å². The first-order valence-corrected chi connectivity index (χ1v) is 13.1. The van der Waals surface area contributed by atoms with Crippen molar-refractivity contribution < 1.29 is 9.59 Å². The molecule has 5 nitrogen and oxygen atoms in total. The van der Waals surface area contributed by atoms with Gasteiger partial charge in [0, 0.05) is 16.0 Å². The van der Waals surface area contributed by atoms with Gasteiger partial charge in [0.05, 0.1) is 22.5 Å². The van der Waals surface area contributed by atoms with Crippen molar-refractivity contribution in [1.82, 2.24) is 4.98 Å². The molecule has 4 aliphatic rings. The second-order valence-electron chi connectivity index (χ2n) is 9.66. The van der Waals surface area contributed by atoms with Crippen LogP contribution < -0.4 is 9.77 Å². The normalized spacial score (nSPS) is 33.8. The zero-order chi connectivity index (χ0) is 22.4. The number of aromatic amines is 1. The number of imide groups is 1. The van der Waals surface area contributed by atoms with Gasteiger partial charge in [-0.15, -0.1) is 11.8 Å². The Hall–Kier alpha value is -2.64. The lowest BCUT2D eigenvalue weighted by atomic mass is 9.67. The lowest BCUT2D eigenvalue weighted by Gasteiger charge is -2.43. The Morgan fingerprint density at radius 3 is 2.36 bits per heavy atom. The van der Waals surface area contributed by atoms with Crippen molar-refractivity contribution in [1.29, 1.82) is 0 Å². The van der Waals surface area contributed by atoms with Gasteiger partial charge in [-0.1, -0.05) is 53.8 Å². The molecule has 1 saturated heterocycles. The summed E-state index contributed by atoms with van der Waals surface area (Å²) in [6, 6.07) is 17.7. The number of aromatic nitrogens is 1. The first-order valence-electron chi connectivity index (χ1n) is 11.4. The van der Waals surface area contributed by atoms with Gasteiger partial charge in [0.25, 0.3) is 0 Å². The molecule has 3 heterocycles. The van der Waals surface area contributed by atoms with Gasteiger partial charge in [-0.25, -0.2) is 0 Å². The lowest BCUT2D eigenvalue weighted by molar-refractivity contribution is -0.123. The molecule has 7 atom stereocenters. The van der Waals surface area contributed by atoms with Crippen LogP contribution in [0.3, 0.4) is 0 Å². The van der Waals surface area contributed by atoms with Crippen LogP contribution in [0.4, 0.5) is 5.69 Å². The monoisotopic (exact) mass is 474 g/mol. The maximum Gasteiger partial charge on any atom is 0.305 e. The maximum atomic E-state index is 13.7. The number of thioether (sulfide) groups is 1. The number of nitrogens with one attached hydrogen (secondary N) is 1. The van der Waals surface area contributed by atoms with Crippen molar-refractivity contribution in [2.75, 3.05) is 4.90 Å². The van der Waals surface area contributed by atoms with E-state index < -0.39 is 0 Å². The average Bonchev–Trinajstić information content (AvgIpc) is 3.54. The number of benzene rings is 2. The quantitative estimate of drug-likeness (QED) is 0.558. The summed E-state index contributed by atoms with van der Waals surface area (Å²) in [6.07, 6.45) is 0.916. The number of amides is 2. The van der Waals surface area contributed by atoms with E-state index in [4.69, 9.17) is 0 Å². The molecule has 3 fully saturated rings. The van der Waals surface area contributed by atoms with Crippen LogP contribution in [0.15, 0.2) is 64.4 Å². The molecule has 1 N–H and O–H groups in total. The number of anilines is 1. The summed E-state index contributed by atoms with van der Waals surface area (Å²) in [7, 11) is 0. The number of H-pyrrole nitrogens is 1. The molecule has 2 amide bonds. The van der Waals surface area contributed by atoms with Crippen molar-refractivity contribution >= 4 is 40.6 Å². The minimum atomic E-state index is -0.256. The molecule has 33 heavy (non-hydrogen) atoms. The molecule has 166 valence electrons. The Bertz CT molecular complexity index is 1360. The highest BCUT2D eigenvalue weighted by Gasteiger charge is 2.69. The van der Waals surface area contributed by atoms with Crippen molar-refractivity contribution in [2.45, 2.75) is 29.5 Å². The topological polar surface area (TPSA) is 70.2 Å². The van der Waals surface area contributed by atoms with Gasteiger partial charge >= 0.3 is 4.87 Å². The number of carbonyl (C=O) groups excluding carboxylic acids is 2. The predicted molar refractivity (Wildman–Crippen MR) is 129 cm³/mol. The number of aryl methyl sites for hydroxylation is 1. The molecule has 2 aliphatic carbocycles. The molecule has 0 unspecified atom stereocenters. The van der Waals surface area contributed by atoms with E-state index >= 15 is 0 Å². The molecule has 2 aromatic carbocycles. The SMILES string of the molecule is Cc1ccccc1[C@H]1c2sc(=O)[nH]c2S[C@@H]2[C@H]3C[C@@H]([C@H]4C(=O)N(c5ccccc5)C(=O)[C@H]34)[C@@H]12. The Morgan fingerprint density at radius 2 is 1.61 bits per heavy atom. The van der Waals surface area contributed by atoms with Gasteiger partial charge in [-0.3, -0.25) is 19.3 Å². The molecule has 7 heteroatoms. The highest BCUT2D eigenvalue weighted by molar-refractivity contribution is 8.00. The Balaban J connectivity index is 1.36. The maximum absolute atomic E-state index is 13.7. The summed E-state index contributed by atoms with van der Waals surface area (Å²) in [4.78, 5) is 45.2. The van der Waals surface area contributed by atoms with Crippen LogP contribution in [0, 0.1) is 36.5 Å². The van der Waals surface area contributed by atoms with E-state index in [1.807, 2.05) is 36.4 Å². The molecule has 3 aromatic rings. The number of fused-ring (bicyclic) bond motifs is 9. The van der Waals surface area contributed by atoms with Crippen LogP contribution in [0.5, 0.6) is 0 Å². The summed E-state index contributed by atoms with van der Waals surface area (Å²) in [5, 5.41) is 1.19. The van der Waals surface area contributed by atoms with E-state index in [2.05, 4.69) is 30.1 Å². The molecule has 0 radical (unpaired) electrons. The van der Waals surface area contributed by atoms with Gasteiger partial charge in [0.1, 0.15) is 0 Å². The molecule has 2 bridgehead atoms.